The van der Waals surface area contributed by atoms with Crippen molar-refractivity contribution in [2.45, 2.75) is 11.8 Å². The van der Waals surface area contributed by atoms with Gasteiger partial charge in [0, 0.05) is 12.7 Å². The van der Waals surface area contributed by atoms with Crippen LogP contribution in [0.25, 0.3) is 0 Å². The second-order valence-electron chi connectivity index (χ2n) is 2.89. The molecule has 0 atom stereocenters. The van der Waals surface area contributed by atoms with E-state index in [0.29, 0.717) is 5.69 Å². The first-order valence-electron chi connectivity index (χ1n) is 3.87. The standard InChI is InChI=1S/C8H11N2O3S/c1-5-3-6(9)8(14(11,12)13)4-7(5)10-2/h3-4,9-10H,1-2H3,(H,11,12,13). The molecule has 0 saturated heterocycles. The fraction of sp³-hybridized carbons (Fsp3) is 0.250. The highest BCUT2D eigenvalue weighted by Gasteiger charge is 2.16. The third-order valence-corrected chi connectivity index (χ3v) is 2.77. The van der Waals surface area contributed by atoms with Gasteiger partial charge < -0.3 is 5.32 Å². The summed E-state index contributed by atoms with van der Waals surface area (Å²) in [6.07, 6.45) is 0. The summed E-state index contributed by atoms with van der Waals surface area (Å²) in [6, 6.07) is 2.63. The van der Waals surface area contributed by atoms with Crippen LogP contribution in [0.2, 0.25) is 0 Å². The SMILES string of the molecule is CNc1cc(S(=O)(=O)O)c([NH])cc1C. The quantitative estimate of drug-likeness (QED) is 0.725. The van der Waals surface area contributed by atoms with Crippen LogP contribution in [-0.2, 0) is 10.1 Å². The van der Waals surface area contributed by atoms with Gasteiger partial charge in [-0.25, -0.2) is 0 Å². The highest BCUT2D eigenvalue weighted by atomic mass is 32.2. The molecule has 0 heterocycles. The Kier molecular flexibility index (Phi) is 2.68. The highest BCUT2D eigenvalue weighted by Crippen LogP contribution is 2.26. The molecular formula is C8H11N2O3S. The Balaban J connectivity index is 3.47. The van der Waals surface area contributed by atoms with Gasteiger partial charge in [0.1, 0.15) is 4.90 Å². The largest absolute Gasteiger partial charge is 0.388 e. The minimum Gasteiger partial charge on any atom is -0.388 e. The molecule has 0 spiro atoms. The number of hydrogen-bond acceptors (Lipinski definition) is 3. The molecule has 1 aromatic carbocycles. The van der Waals surface area contributed by atoms with Crippen LogP contribution in [-0.4, -0.2) is 20.0 Å². The lowest BCUT2D eigenvalue weighted by molar-refractivity contribution is 0.483. The summed E-state index contributed by atoms with van der Waals surface area (Å²) in [5, 5.41) is 2.78. The summed E-state index contributed by atoms with van der Waals surface area (Å²) in [6.45, 7) is 1.75. The van der Waals surface area contributed by atoms with Gasteiger partial charge in [0.25, 0.3) is 10.1 Å². The highest BCUT2D eigenvalue weighted by molar-refractivity contribution is 7.86. The second kappa shape index (κ2) is 3.47. The molecule has 0 bridgehead atoms. The number of hydrogen-bond donors (Lipinski definition) is 2. The van der Waals surface area contributed by atoms with Crippen molar-refractivity contribution in [3.63, 3.8) is 0 Å². The predicted molar refractivity (Wildman–Crippen MR) is 53.3 cm³/mol. The minimum atomic E-state index is -4.31. The van der Waals surface area contributed by atoms with Crippen LogP contribution < -0.4 is 11.1 Å². The van der Waals surface area contributed by atoms with Gasteiger partial charge in [-0.3, -0.25) is 10.3 Å². The number of benzene rings is 1. The maximum Gasteiger partial charge on any atom is 0.296 e. The molecule has 0 aliphatic carbocycles. The average Bonchev–Trinajstić information content (AvgIpc) is 2.02. The van der Waals surface area contributed by atoms with Gasteiger partial charge in [-0.2, -0.15) is 8.42 Å². The van der Waals surface area contributed by atoms with Crippen LogP contribution >= 0.6 is 0 Å². The third kappa shape index (κ3) is 1.97. The van der Waals surface area contributed by atoms with E-state index in [1.807, 2.05) is 0 Å². The van der Waals surface area contributed by atoms with E-state index >= 15 is 0 Å². The van der Waals surface area contributed by atoms with Crippen molar-refractivity contribution >= 4 is 21.5 Å². The van der Waals surface area contributed by atoms with Crippen LogP contribution in [0.1, 0.15) is 5.56 Å². The van der Waals surface area contributed by atoms with Gasteiger partial charge in [0.05, 0.1) is 5.69 Å². The van der Waals surface area contributed by atoms with Crippen molar-refractivity contribution in [2.75, 3.05) is 12.4 Å². The summed E-state index contributed by atoms with van der Waals surface area (Å²) < 4.78 is 30.5. The second-order valence-corrected chi connectivity index (χ2v) is 4.28. The number of nitrogens with one attached hydrogen (secondary N) is 2. The Hall–Kier alpha value is -1.27. The molecule has 0 saturated carbocycles. The molecule has 0 aromatic heterocycles. The van der Waals surface area contributed by atoms with Crippen LogP contribution in [0, 0.1) is 6.92 Å². The van der Waals surface area contributed by atoms with Crippen LogP contribution in [0.4, 0.5) is 11.4 Å². The Bertz CT molecular complexity index is 454. The van der Waals surface area contributed by atoms with Crippen LogP contribution in [0.5, 0.6) is 0 Å². The Morgan fingerprint density at radius 3 is 2.43 bits per heavy atom. The van der Waals surface area contributed by atoms with E-state index in [9.17, 15) is 8.42 Å². The van der Waals surface area contributed by atoms with Crippen molar-refractivity contribution < 1.29 is 13.0 Å². The first kappa shape index (κ1) is 10.8. The van der Waals surface area contributed by atoms with E-state index in [1.54, 1.807) is 14.0 Å². The lowest BCUT2D eigenvalue weighted by Crippen LogP contribution is -2.02. The van der Waals surface area contributed by atoms with Crippen molar-refractivity contribution in [1.29, 1.82) is 0 Å². The zero-order chi connectivity index (χ0) is 10.9. The zero-order valence-corrected chi connectivity index (χ0v) is 8.64. The smallest absolute Gasteiger partial charge is 0.296 e. The van der Waals surface area contributed by atoms with E-state index in [1.165, 1.54) is 12.1 Å². The van der Waals surface area contributed by atoms with Gasteiger partial charge in [-0.1, -0.05) is 0 Å². The molecule has 1 aromatic rings. The summed E-state index contributed by atoms with van der Waals surface area (Å²) in [5.74, 6) is 0. The molecule has 0 amide bonds. The first-order valence-corrected chi connectivity index (χ1v) is 5.31. The molecule has 6 heteroatoms. The Morgan fingerprint density at radius 1 is 1.43 bits per heavy atom. The maximum absolute atomic E-state index is 10.8. The summed E-state index contributed by atoms with van der Waals surface area (Å²) in [7, 11) is -2.67. The molecular weight excluding hydrogens is 204 g/mol. The average molecular weight is 215 g/mol. The monoisotopic (exact) mass is 215 g/mol. The molecule has 3 N–H and O–H groups in total. The molecule has 0 fully saturated rings. The molecule has 0 aliphatic rings. The number of rotatable bonds is 2. The topological polar surface area (TPSA) is 90.2 Å². The number of anilines is 1. The normalized spacial score (nSPS) is 11.4. The predicted octanol–water partition coefficient (Wildman–Crippen LogP) is 1.20. The fourth-order valence-corrected chi connectivity index (χ4v) is 1.77. The van der Waals surface area contributed by atoms with Crippen LogP contribution in [0.3, 0.4) is 0 Å². The summed E-state index contributed by atoms with van der Waals surface area (Å²) in [5.41, 5.74) is 8.50. The first-order chi connectivity index (χ1) is 6.36. The van der Waals surface area contributed by atoms with Crippen molar-refractivity contribution in [1.82, 2.24) is 5.73 Å². The minimum absolute atomic E-state index is 0.205. The molecule has 1 rings (SSSR count). The molecule has 0 aliphatic heterocycles. The van der Waals surface area contributed by atoms with Crippen molar-refractivity contribution in [2.24, 2.45) is 0 Å². The van der Waals surface area contributed by atoms with Crippen molar-refractivity contribution in [3.8, 4) is 0 Å². The van der Waals surface area contributed by atoms with Gasteiger partial charge in [-0.15, -0.1) is 0 Å². The zero-order valence-electron chi connectivity index (χ0n) is 7.83. The molecule has 77 valence electrons. The molecule has 1 radical (unpaired) electrons. The molecule has 5 nitrogen and oxygen atoms in total. The van der Waals surface area contributed by atoms with E-state index < -0.39 is 10.1 Å². The lowest BCUT2D eigenvalue weighted by Gasteiger charge is -2.08. The van der Waals surface area contributed by atoms with E-state index in [4.69, 9.17) is 10.3 Å². The summed E-state index contributed by atoms with van der Waals surface area (Å²) in [4.78, 5) is -0.382. The Morgan fingerprint density at radius 2 is 2.00 bits per heavy atom. The Labute approximate surface area is 82.7 Å². The number of aryl methyl sites for hydroxylation is 1. The van der Waals surface area contributed by atoms with Gasteiger partial charge in [0.2, 0.25) is 0 Å². The third-order valence-electron chi connectivity index (χ3n) is 1.87. The van der Waals surface area contributed by atoms with Gasteiger partial charge in [-0.05, 0) is 24.6 Å². The maximum atomic E-state index is 10.8. The van der Waals surface area contributed by atoms with E-state index in [-0.39, 0.29) is 10.6 Å². The fourth-order valence-electron chi connectivity index (χ4n) is 1.17. The van der Waals surface area contributed by atoms with E-state index in [0.717, 1.165) is 5.56 Å². The molecule has 14 heavy (non-hydrogen) atoms. The van der Waals surface area contributed by atoms with Crippen molar-refractivity contribution in [3.05, 3.63) is 17.7 Å². The van der Waals surface area contributed by atoms with E-state index in [2.05, 4.69) is 5.32 Å². The van der Waals surface area contributed by atoms with Gasteiger partial charge >= 0.3 is 0 Å². The molecule has 0 unspecified atom stereocenters. The van der Waals surface area contributed by atoms with Crippen LogP contribution in [0.15, 0.2) is 17.0 Å². The van der Waals surface area contributed by atoms with Gasteiger partial charge in [0.15, 0.2) is 0 Å². The lowest BCUT2D eigenvalue weighted by atomic mass is 10.2. The summed E-state index contributed by atoms with van der Waals surface area (Å²) >= 11 is 0.